The third kappa shape index (κ3) is 1.95. The number of carbonyl (C=O) groups is 1. The monoisotopic (exact) mass is 267 g/mol. The molecule has 0 bridgehead atoms. The van der Waals surface area contributed by atoms with E-state index in [9.17, 15) is 4.79 Å². The molecule has 0 unspecified atom stereocenters. The summed E-state index contributed by atoms with van der Waals surface area (Å²) < 4.78 is 11.2. The number of hydrogen-bond donors (Lipinski definition) is 0. The topological polar surface area (TPSA) is 52.3 Å². The van der Waals surface area contributed by atoms with Crippen LogP contribution in [0.15, 0.2) is 40.9 Å². The summed E-state index contributed by atoms with van der Waals surface area (Å²) in [5.74, 6) is 1.28. The Hall–Kier alpha value is -2.62. The molecule has 4 nitrogen and oxygen atoms in total. The standard InChI is InChI=1S/C16H13NO3/c1-10-5-6-17-13-8-15(20-16(10)13)12-4-3-11(9-18)7-14(12)19-2/h3-9H,1-2H3. The fourth-order valence-corrected chi connectivity index (χ4v) is 2.18. The largest absolute Gasteiger partial charge is 0.496 e. The molecular weight excluding hydrogens is 254 g/mol. The highest BCUT2D eigenvalue weighted by atomic mass is 16.5. The van der Waals surface area contributed by atoms with E-state index in [2.05, 4.69) is 4.98 Å². The van der Waals surface area contributed by atoms with Crippen molar-refractivity contribution in [3.05, 3.63) is 47.7 Å². The average Bonchev–Trinajstić information content (AvgIpc) is 2.92. The maximum Gasteiger partial charge on any atom is 0.156 e. The predicted molar refractivity (Wildman–Crippen MR) is 76.1 cm³/mol. The summed E-state index contributed by atoms with van der Waals surface area (Å²) in [6.45, 7) is 1.98. The van der Waals surface area contributed by atoms with Crippen molar-refractivity contribution in [2.45, 2.75) is 6.92 Å². The van der Waals surface area contributed by atoms with Gasteiger partial charge in [-0.05, 0) is 30.7 Å². The van der Waals surface area contributed by atoms with Gasteiger partial charge in [0.25, 0.3) is 0 Å². The Morgan fingerprint density at radius 2 is 2.10 bits per heavy atom. The lowest BCUT2D eigenvalue weighted by atomic mass is 10.1. The van der Waals surface area contributed by atoms with Gasteiger partial charge in [-0.25, -0.2) is 0 Å². The number of methoxy groups -OCH3 is 1. The van der Waals surface area contributed by atoms with Crippen LogP contribution in [0.5, 0.6) is 5.75 Å². The van der Waals surface area contributed by atoms with Crippen molar-refractivity contribution in [3.8, 4) is 17.1 Å². The number of aryl methyl sites for hydroxylation is 1. The first-order valence-corrected chi connectivity index (χ1v) is 6.21. The maximum atomic E-state index is 10.8. The second kappa shape index (κ2) is 4.81. The Kier molecular flexibility index (Phi) is 2.99. The van der Waals surface area contributed by atoms with Crippen molar-refractivity contribution in [2.24, 2.45) is 0 Å². The van der Waals surface area contributed by atoms with Gasteiger partial charge in [0.2, 0.25) is 0 Å². The Balaban J connectivity index is 2.20. The lowest BCUT2D eigenvalue weighted by Gasteiger charge is -2.06. The summed E-state index contributed by atoms with van der Waals surface area (Å²) >= 11 is 0. The van der Waals surface area contributed by atoms with E-state index in [-0.39, 0.29) is 0 Å². The van der Waals surface area contributed by atoms with Crippen molar-refractivity contribution >= 4 is 17.4 Å². The molecule has 3 aromatic rings. The third-order valence-corrected chi connectivity index (χ3v) is 3.24. The van der Waals surface area contributed by atoms with Crippen LogP contribution in [0.25, 0.3) is 22.4 Å². The molecule has 3 rings (SSSR count). The molecule has 2 aromatic heterocycles. The molecule has 0 N–H and O–H groups in total. The van der Waals surface area contributed by atoms with Gasteiger partial charge >= 0.3 is 0 Å². The molecule has 0 fully saturated rings. The van der Waals surface area contributed by atoms with E-state index >= 15 is 0 Å². The molecule has 20 heavy (non-hydrogen) atoms. The number of furan rings is 1. The van der Waals surface area contributed by atoms with Crippen LogP contribution in [0.2, 0.25) is 0 Å². The Morgan fingerprint density at radius 1 is 1.25 bits per heavy atom. The van der Waals surface area contributed by atoms with Crippen LogP contribution in [-0.2, 0) is 0 Å². The van der Waals surface area contributed by atoms with E-state index in [0.717, 1.165) is 28.5 Å². The number of rotatable bonds is 3. The number of aromatic nitrogens is 1. The van der Waals surface area contributed by atoms with Crippen molar-refractivity contribution in [1.29, 1.82) is 0 Å². The predicted octanol–water partition coefficient (Wildman–Crippen LogP) is 3.62. The highest BCUT2D eigenvalue weighted by molar-refractivity contribution is 5.84. The van der Waals surface area contributed by atoms with Crippen LogP contribution in [-0.4, -0.2) is 18.4 Å². The first-order chi connectivity index (χ1) is 9.72. The minimum absolute atomic E-state index is 0.566. The summed E-state index contributed by atoms with van der Waals surface area (Å²) in [4.78, 5) is 15.1. The van der Waals surface area contributed by atoms with Crippen LogP contribution in [0, 0.1) is 6.92 Å². The molecule has 1 aromatic carbocycles. The Morgan fingerprint density at radius 3 is 2.80 bits per heavy atom. The number of ether oxygens (including phenoxy) is 1. The lowest BCUT2D eigenvalue weighted by molar-refractivity contribution is 0.112. The van der Waals surface area contributed by atoms with Crippen molar-refractivity contribution in [3.63, 3.8) is 0 Å². The average molecular weight is 267 g/mol. The summed E-state index contributed by atoms with van der Waals surface area (Å²) in [7, 11) is 1.57. The fourth-order valence-electron chi connectivity index (χ4n) is 2.18. The molecule has 0 saturated carbocycles. The summed E-state index contributed by atoms with van der Waals surface area (Å²) in [5.41, 5.74) is 3.97. The van der Waals surface area contributed by atoms with Crippen LogP contribution < -0.4 is 4.74 Å². The first kappa shape index (κ1) is 12.4. The number of hydrogen-bond acceptors (Lipinski definition) is 4. The van der Waals surface area contributed by atoms with Gasteiger partial charge in [0.15, 0.2) is 5.58 Å². The fraction of sp³-hybridized carbons (Fsp3) is 0.125. The van der Waals surface area contributed by atoms with Gasteiger partial charge in [-0.3, -0.25) is 9.78 Å². The molecule has 0 aliphatic heterocycles. The van der Waals surface area contributed by atoms with Gasteiger partial charge in [0.05, 0.1) is 12.7 Å². The van der Waals surface area contributed by atoms with E-state index in [1.165, 1.54) is 0 Å². The number of benzene rings is 1. The number of nitrogens with zero attached hydrogens (tertiary/aromatic N) is 1. The van der Waals surface area contributed by atoms with Crippen LogP contribution in [0.1, 0.15) is 15.9 Å². The van der Waals surface area contributed by atoms with Gasteiger partial charge in [-0.2, -0.15) is 0 Å². The molecule has 4 heteroatoms. The summed E-state index contributed by atoms with van der Waals surface area (Å²) in [6.07, 6.45) is 2.54. The highest BCUT2D eigenvalue weighted by Gasteiger charge is 2.13. The molecule has 0 atom stereocenters. The zero-order valence-electron chi connectivity index (χ0n) is 11.2. The van der Waals surface area contributed by atoms with E-state index in [1.54, 1.807) is 25.4 Å². The second-order valence-electron chi connectivity index (χ2n) is 4.53. The van der Waals surface area contributed by atoms with Crippen molar-refractivity contribution in [1.82, 2.24) is 4.98 Å². The number of fused-ring (bicyclic) bond motifs is 1. The van der Waals surface area contributed by atoms with E-state index in [1.807, 2.05) is 25.1 Å². The van der Waals surface area contributed by atoms with Crippen molar-refractivity contribution < 1.29 is 13.9 Å². The Bertz CT molecular complexity index is 790. The third-order valence-electron chi connectivity index (χ3n) is 3.24. The highest BCUT2D eigenvalue weighted by Crippen LogP contribution is 2.34. The van der Waals surface area contributed by atoms with Gasteiger partial charge in [-0.1, -0.05) is 6.07 Å². The normalized spacial score (nSPS) is 10.7. The zero-order chi connectivity index (χ0) is 14.1. The SMILES string of the molecule is COc1cc(C=O)ccc1-c1cc2nccc(C)c2o1. The van der Waals surface area contributed by atoms with Crippen molar-refractivity contribution in [2.75, 3.05) is 7.11 Å². The lowest BCUT2D eigenvalue weighted by Crippen LogP contribution is -1.89. The van der Waals surface area contributed by atoms with Gasteiger partial charge in [0, 0.05) is 17.8 Å². The molecular formula is C16H13NO3. The molecule has 0 aliphatic carbocycles. The van der Waals surface area contributed by atoms with Gasteiger partial charge in [-0.15, -0.1) is 0 Å². The van der Waals surface area contributed by atoms with E-state index < -0.39 is 0 Å². The number of carbonyl (C=O) groups excluding carboxylic acids is 1. The molecule has 2 heterocycles. The maximum absolute atomic E-state index is 10.8. The summed E-state index contributed by atoms with van der Waals surface area (Å²) in [5, 5.41) is 0. The minimum Gasteiger partial charge on any atom is -0.496 e. The number of pyridine rings is 1. The quantitative estimate of drug-likeness (QED) is 0.680. The van der Waals surface area contributed by atoms with Crippen LogP contribution >= 0.6 is 0 Å². The molecule has 0 saturated heterocycles. The molecule has 0 radical (unpaired) electrons. The molecule has 0 spiro atoms. The van der Waals surface area contributed by atoms with Crippen LogP contribution in [0.3, 0.4) is 0 Å². The van der Waals surface area contributed by atoms with E-state index in [0.29, 0.717) is 17.1 Å². The summed E-state index contributed by atoms with van der Waals surface area (Å²) in [6, 6.07) is 9.02. The minimum atomic E-state index is 0.566. The molecule has 0 amide bonds. The second-order valence-corrected chi connectivity index (χ2v) is 4.53. The Labute approximate surface area is 116 Å². The van der Waals surface area contributed by atoms with E-state index in [4.69, 9.17) is 9.15 Å². The zero-order valence-corrected chi connectivity index (χ0v) is 11.2. The first-order valence-electron chi connectivity index (χ1n) is 6.21. The molecule has 100 valence electrons. The van der Waals surface area contributed by atoms with Crippen LogP contribution in [0.4, 0.5) is 0 Å². The molecule has 0 aliphatic rings. The van der Waals surface area contributed by atoms with Gasteiger partial charge < -0.3 is 9.15 Å². The van der Waals surface area contributed by atoms with Gasteiger partial charge in [0.1, 0.15) is 23.3 Å². The number of aldehydes is 1. The smallest absolute Gasteiger partial charge is 0.156 e.